The lowest BCUT2D eigenvalue weighted by molar-refractivity contribution is 0.0946. The second-order valence-electron chi connectivity index (χ2n) is 7.54. The Balaban J connectivity index is 2.07. The van der Waals surface area contributed by atoms with Crippen LogP contribution in [-0.4, -0.2) is 27.1 Å². The molecule has 2 aromatic rings. The molecule has 0 aromatic heterocycles. The number of amides is 1. The van der Waals surface area contributed by atoms with Crippen molar-refractivity contribution in [2.75, 3.05) is 17.1 Å². The molecule has 0 aliphatic carbocycles. The zero-order valence-electron chi connectivity index (χ0n) is 17.9. The molecule has 0 spiro atoms. The molecular weight excluding hydrogens is 403 g/mol. The summed E-state index contributed by atoms with van der Waals surface area (Å²) in [7, 11) is -3.68. The van der Waals surface area contributed by atoms with Crippen molar-refractivity contribution in [1.82, 2.24) is 5.32 Å². The second kappa shape index (κ2) is 11.1. The van der Waals surface area contributed by atoms with Gasteiger partial charge < -0.3 is 5.32 Å². The largest absolute Gasteiger partial charge is 0.352 e. The van der Waals surface area contributed by atoms with Crippen molar-refractivity contribution in [2.24, 2.45) is 5.92 Å². The first kappa shape index (κ1) is 23.9. The smallest absolute Gasteiger partial charge is 0.251 e. The summed E-state index contributed by atoms with van der Waals surface area (Å²) in [5, 5.41) is 2.98. The summed E-state index contributed by atoms with van der Waals surface area (Å²) in [6, 6.07) is 12.5. The van der Waals surface area contributed by atoms with Gasteiger partial charge in [-0.15, -0.1) is 0 Å². The predicted octanol–water partition coefficient (Wildman–Crippen LogP) is 4.74. The van der Waals surface area contributed by atoms with Gasteiger partial charge in [-0.25, -0.2) is 12.8 Å². The molecule has 0 unspecified atom stereocenters. The number of unbranched alkanes of at least 4 members (excludes halogenated alkanes) is 1. The number of halogens is 1. The number of carbonyl (C=O) groups excluding carboxylic acids is 1. The quantitative estimate of drug-likeness (QED) is 0.556. The number of hydrogen-bond donors (Lipinski definition) is 1. The monoisotopic (exact) mass is 434 g/mol. The molecule has 164 valence electrons. The number of rotatable bonds is 11. The van der Waals surface area contributed by atoms with E-state index < -0.39 is 15.8 Å². The van der Waals surface area contributed by atoms with Crippen molar-refractivity contribution in [3.63, 3.8) is 0 Å². The van der Waals surface area contributed by atoms with Crippen LogP contribution in [0.2, 0.25) is 0 Å². The van der Waals surface area contributed by atoms with E-state index in [9.17, 15) is 17.6 Å². The van der Waals surface area contributed by atoms with E-state index in [1.54, 1.807) is 30.3 Å². The van der Waals surface area contributed by atoms with Crippen molar-refractivity contribution in [3.05, 3.63) is 65.5 Å². The van der Waals surface area contributed by atoms with Gasteiger partial charge in [0.25, 0.3) is 5.91 Å². The molecule has 0 saturated heterocycles. The maximum atomic E-state index is 14.1. The number of nitrogens with one attached hydrogen (secondary N) is 1. The highest BCUT2D eigenvalue weighted by Gasteiger charge is 2.21. The third-order valence-electron chi connectivity index (χ3n) is 5.16. The van der Waals surface area contributed by atoms with Crippen molar-refractivity contribution in [1.29, 1.82) is 0 Å². The van der Waals surface area contributed by atoms with Crippen LogP contribution in [0.4, 0.5) is 10.1 Å². The van der Waals surface area contributed by atoms with Gasteiger partial charge in [-0.05, 0) is 42.2 Å². The Labute approximate surface area is 179 Å². The minimum Gasteiger partial charge on any atom is -0.352 e. The number of carbonyl (C=O) groups is 1. The van der Waals surface area contributed by atoms with E-state index in [1.165, 1.54) is 18.2 Å². The number of nitrogens with zero attached hydrogens (tertiary/aromatic N) is 1. The molecule has 1 atom stereocenters. The molecule has 0 aliphatic rings. The topological polar surface area (TPSA) is 66.5 Å². The number of para-hydroxylation sites is 1. The molecule has 5 nitrogen and oxygen atoms in total. The Morgan fingerprint density at radius 2 is 1.77 bits per heavy atom. The lowest BCUT2D eigenvalue weighted by Gasteiger charge is -2.23. The van der Waals surface area contributed by atoms with Crippen LogP contribution in [0.1, 0.15) is 55.5 Å². The van der Waals surface area contributed by atoms with E-state index in [4.69, 9.17) is 0 Å². The van der Waals surface area contributed by atoms with Crippen molar-refractivity contribution >= 4 is 21.6 Å². The van der Waals surface area contributed by atoms with Gasteiger partial charge in [-0.3, -0.25) is 9.10 Å². The maximum absolute atomic E-state index is 14.1. The molecule has 1 amide bonds. The van der Waals surface area contributed by atoms with E-state index in [1.807, 2.05) is 0 Å². The standard InChI is InChI=1S/C23H31FN2O3S/c1-4-6-9-18(5-2)16-25-23(27)20-14-12-19(13-15-20)17-26(30(3,28)29)22-11-8-7-10-21(22)24/h7-8,10-15,18H,4-6,9,16-17H2,1-3H3,(H,25,27)/t18-/m0/s1. The summed E-state index contributed by atoms with van der Waals surface area (Å²) in [6.07, 6.45) is 5.47. The number of anilines is 1. The zero-order valence-corrected chi connectivity index (χ0v) is 18.7. The third kappa shape index (κ3) is 6.83. The van der Waals surface area contributed by atoms with Gasteiger partial charge in [0.2, 0.25) is 10.0 Å². The Kier molecular flexibility index (Phi) is 8.84. The summed E-state index contributed by atoms with van der Waals surface area (Å²) in [5.41, 5.74) is 1.18. The Morgan fingerprint density at radius 1 is 1.10 bits per heavy atom. The molecule has 2 rings (SSSR count). The minimum absolute atomic E-state index is 0.000457. The van der Waals surface area contributed by atoms with Crippen LogP contribution in [-0.2, 0) is 16.6 Å². The number of hydrogen-bond acceptors (Lipinski definition) is 3. The van der Waals surface area contributed by atoms with Crippen LogP contribution >= 0.6 is 0 Å². The molecule has 7 heteroatoms. The van der Waals surface area contributed by atoms with E-state index in [-0.39, 0.29) is 18.1 Å². The van der Waals surface area contributed by atoms with Crippen LogP contribution in [0.25, 0.3) is 0 Å². The Hall–Kier alpha value is -2.41. The van der Waals surface area contributed by atoms with Crippen LogP contribution in [0.15, 0.2) is 48.5 Å². The lowest BCUT2D eigenvalue weighted by Crippen LogP contribution is -2.30. The minimum atomic E-state index is -3.68. The van der Waals surface area contributed by atoms with Gasteiger partial charge in [-0.2, -0.15) is 0 Å². The highest BCUT2D eigenvalue weighted by atomic mass is 32.2. The second-order valence-corrected chi connectivity index (χ2v) is 9.45. The normalized spacial score (nSPS) is 12.4. The molecule has 2 aromatic carbocycles. The summed E-state index contributed by atoms with van der Waals surface area (Å²) < 4.78 is 39.6. The fourth-order valence-corrected chi connectivity index (χ4v) is 4.13. The summed E-state index contributed by atoms with van der Waals surface area (Å²) in [4.78, 5) is 12.4. The molecule has 30 heavy (non-hydrogen) atoms. The lowest BCUT2D eigenvalue weighted by atomic mass is 9.99. The van der Waals surface area contributed by atoms with Gasteiger partial charge in [0, 0.05) is 12.1 Å². The first-order valence-corrected chi connectivity index (χ1v) is 12.2. The molecule has 0 aliphatic heterocycles. The van der Waals surface area contributed by atoms with Crippen LogP contribution < -0.4 is 9.62 Å². The predicted molar refractivity (Wildman–Crippen MR) is 120 cm³/mol. The third-order valence-corrected chi connectivity index (χ3v) is 6.28. The fourth-order valence-electron chi connectivity index (χ4n) is 3.24. The number of sulfonamides is 1. The molecule has 0 radical (unpaired) electrons. The molecular formula is C23H31FN2O3S. The summed E-state index contributed by atoms with van der Waals surface area (Å²) >= 11 is 0. The Bertz CT molecular complexity index is 930. The van der Waals surface area contributed by atoms with E-state index >= 15 is 0 Å². The maximum Gasteiger partial charge on any atom is 0.251 e. The molecule has 1 N–H and O–H groups in total. The van der Waals surface area contributed by atoms with Crippen LogP contribution in [0, 0.1) is 11.7 Å². The fraction of sp³-hybridized carbons (Fsp3) is 0.435. The van der Waals surface area contributed by atoms with Crippen molar-refractivity contribution < 1.29 is 17.6 Å². The van der Waals surface area contributed by atoms with E-state index in [0.29, 0.717) is 23.6 Å². The van der Waals surface area contributed by atoms with E-state index in [2.05, 4.69) is 19.2 Å². The van der Waals surface area contributed by atoms with Crippen LogP contribution in [0.5, 0.6) is 0 Å². The molecule has 0 saturated carbocycles. The van der Waals surface area contributed by atoms with Gasteiger partial charge in [0.1, 0.15) is 5.82 Å². The van der Waals surface area contributed by atoms with E-state index in [0.717, 1.165) is 36.2 Å². The summed E-state index contributed by atoms with van der Waals surface area (Å²) in [6.45, 7) is 4.91. The zero-order chi connectivity index (χ0) is 22.1. The van der Waals surface area contributed by atoms with Gasteiger partial charge in [-0.1, -0.05) is 57.4 Å². The first-order valence-electron chi connectivity index (χ1n) is 10.4. The Morgan fingerprint density at radius 3 is 2.33 bits per heavy atom. The van der Waals surface area contributed by atoms with Crippen molar-refractivity contribution in [2.45, 2.75) is 46.1 Å². The average Bonchev–Trinajstić information content (AvgIpc) is 2.72. The van der Waals surface area contributed by atoms with Gasteiger partial charge in [0.15, 0.2) is 0 Å². The van der Waals surface area contributed by atoms with Crippen molar-refractivity contribution in [3.8, 4) is 0 Å². The number of benzene rings is 2. The van der Waals surface area contributed by atoms with Crippen LogP contribution in [0.3, 0.4) is 0 Å². The van der Waals surface area contributed by atoms with Gasteiger partial charge >= 0.3 is 0 Å². The van der Waals surface area contributed by atoms with Gasteiger partial charge in [0.05, 0.1) is 18.5 Å². The average molecular weight is 435 g/mol. The molecule has 0 fully saturated rings. The molecule has 0 heterocycles. The highest BCUT2D eigenvalue weighted by molar-refractivity contribution is 7.92. The molecule has 0 bridgehead atoms. The highest BCUT2D eigenvalue weighted by Crippen LogP contribution is 2.24. The summed E-state index contributed by atoms with van der Waals surface area (Å²) in [5.74, 6) is -0.282. The first-order chi connectivity index (χ1) is 14.3. The SMILES string of the molecule is CCCC[C@H](CC)CNC(=O)c1ccc(CN(c2ccccc2F)S(C)(=O)=O)cc1.